The van der Waals surface area contributed by atoms with E-state index in [2.05, 4.69) is 27.7 Å². The fraction of sp³-hybridized carbons (Fsp3) is 0.440. The average Bonchev–Trinajstić information content (AvgIpc) is 2.82. The van der Waals surface area contributed by atoms with E-state index in [0.29, 0.717) is 13.1 Å². The van der Waals surface area contributed by atoms with Crippen LogP contribution in [-0.4, -0.2) is 54.0 Å². The van der Waals surface area contributed by atoms with Crippen molar-refractivity contribution in [3.63, 3.8) is 0 Å². The quantitative estimate of drug-likeness (QED) is 0.705. The van der Waals surface area contributed by atoms with E-state index in [4.69, 9.17) is 11.6 Å². The molecule has 6 nitrogen and oxygen atoms in total. The van der Waals surface area contributed by atoms with E-state index in [1.807, 2.05) is 42.5 Å². The van der Waals surface area contributed by atoms with E-state index < -0.39 is 0 Å². The predicted molar refractivity (Wildman–Crippen MR) is 128 cm³/mol. The zero-order chi connectivity index (χ0) is 22.3. The number of nitrogens with one attached hydrogen (secondary N) is 2. The van der Waals surface area contributed by atoms with Crippen LogP contribution in [0.1, 0.15) is 31.2 Å². The number of carbonyl (C=O) groups excluding carboxylic acids is 2. The Morgan fingerprint density at radius 1 is 0.938 bits per heavy atom. The molecule has 2 aromatic rings. The van der Waals surface area contributed by atoms with E-state index in [-0.39, 0.29) is 23.9 Å². The molecule has 2 aliphatic heterocycles. The molecule has 0 aromatic heterocycles. The first-order chi connectivity index (χ1) is 15.6. The number of urea groups is 1. The highest BCUT2D eigenvalue weighted by molar-refractivity contribution is 6.30. The molecule has 7 heteroatoms. The monoisotopic (exact) mass is 454 g/mol. The van der Waals surface area contributed by atoms with Crippen molar-refractivity contribution in [3.8, 4) is 0 Å². The third-order valence-electron chi connectivity index (χ3n) is 6.36. The fourth-order valence-electron chi connectivity index (χ4n) is 4.50. The number of hydrogen-bond acceptors (Lipinski definition) is 3. The highest BCUT2D eigenvalue weighted by atomic mass is 35.5. The topological polar surface area (TPSA) is 64.7 Å². The van der Waals surface area contributed by atoms with Gasteiger partial charge in [-0.3, -0.25) is 9.69 Å². The Balaban J connectivity index is 1.21. The lowest BCUT2D eigenvalue weighted by Gasteiger charge is -2.35. The molecule has 4 rings (SSSR count). The van der Waals surface area contributed by atoms with Crippen LogP contribution in [-0.2, 0) is 11.3 Å². The summed E-state index contributed by atoms with van der Waals surface area (Å²) in [6, 6.07) is 17.5. The SMILES string of the molecule is O=C(NC1CCN(Cc2ccc(Cl)cc2)CC1)[C@H]1CCCN(C(=O)Nc2ccccc2)C1. The van der Waals surface area contributed by atoms with Crippen LogP contribution in [0.2, 0.25) is 5.02 Å². The van der Waals surface area contributed by atoms with Crippen LogP contribution in [0.15, 0.2) is 54.6 Å². The third-order valence-corrected chi connectivity index (χ3v) is 6.61. The van der Waals surface area contributed by atoms with Gasteiger partial charge in [0.05, 0.1) is 5.92 Å². The summed E-state index contributed by atoms with van der Waals surface area (Å²) in [5.74, 6) is -0.0595. The molecule has 0 unspecified atom stereocenters. The van der Waals surface area contributed by atoms with Gasteiger partial charge >= 0.3 is 6.03 Å². The largest absolute Gasteiger partial charge is 0.353 e. The summed E-state index contributed by atoms with van der Waals surface area (Å²) in [4.78, 5) is 29.7. The normalized spacial score (nSPS) is 20.0. The molecule has 2 fully saturated rings. The van der Waals surface area contributed by atoms with Gasteiger partial charge in [0.25, 0.3) is 0 Å². The van der Waals surface area contributed by atoms with Crippen molar-refractivity contribution in [1.29, 1.82) is 0 Å². The summed E-state index contributed by atoms with van der Waals surface area (Å²) in [7, 11) is 0. The Hall–Kier alpha value is -2.57. The van der Waals surface area contributed by atoms with Crippen molar-refractivity contribution in [3.05, 3.63) is 65.2 Å². The highest BCUT2D eigenvalue weighted by Gasteiger charge is 2.30. The molecule has 2 heterocycles. The van der Waals surface area contributed by atoms with Crippen LogP contribution >= 0.6 is 11.6 Å². The van der Waals surface area contributed by atoms with Crippen molar-refractivity contribution >= 4 is 29.2 Å². The summed E-state index contributed by atoms with van der Waals surface area (Å²) in [6.07, 6.45) is 3.57. The first-order valence-electron chi connectivity index (χ1n) is 11.4. The Kier molecular flexibility index (Phi) is 7.66. The summed E-state index contributed by atoms with van der Waals surface area (Å²) in [5.41, 5.74) is 2.03. The van der Waals surface area contributed by atoms with E-state index in [0.717, 1.165) is 56.0 Å². The Morgan fingerprint density at radius 3 is 2.38 bits per heavy atom. The van der Waals surface area contributed by atoms with Crippen molar-refractivity contribution in [1.82, 2.24) is 15.1 Å². The summed E-state index contributed by atoms with van der Waals surface area (Å²) < 4.78 is 0. The number of nitrogens with zero attached hydrogens (tertiary/aromatic N) is 2. The van der Waals surface area contributed by atoms with Crippen LogP contribution in [0, 0.1) is 5.92 Å². The molecule has 0 aliphatic carbocycles. The van der Waals surface area contributed by atoms with Gasteiger partial charge in [-0.05, 0) is 55.5 Å². The molecule has 1 atom stereocenters. The Labute approximate surface area is 194 Å². The standard InChI is InChI=1S/C25H31ClN4O2/c26-21-10-8-19(9-11-21)17-29-15-12-23(13-16-29)27-24(31)20-5-4-14-30(18-20)25(32)28-22-6-2-1-3-7-22/h1-3,6-11,20,23H,4-5,12-18H2,(H,27,31)(H,28,32)/t20-/m0/s1. The number of benzene rings is 2. The molecule has 2 N–H and O–H groups in total. The zero-order valence-electron chi connectivity index (χ0n) is 18.3. The van der Waals surface area contributed by atoms with Crippen molar-refractivity contribution < 1.29 is 9.59 Å². The maximum Gasteiger partial charge on any atom is 0.321 e. The predicted octanol–water partition coefficient (Wildman–Crippen LogP) is 4.36. The van der Waals surface area contributed by atoms with Crippen LogP contribution in [0.5, 0.6) is 0 Å². The second-order valence-electron chi connectivity index (χ2n) is 8.77. The van der Waals surface area contributed by atoms with Crippen molar-refractivity contribution in [2.45, 2.75) is 38.3 Å². The third kappa shape index (κ3) is 6.24. The van der Waals surface area contributed by atoms with Crippen LogP contribution < -0.4 is 10.6 Å². The number of anilines is 1. The number of carbonyl (C=O) groups is 2. The summed E-state index contributed by atoms with van der Waals surface area (Å²) >= 11 is 5.97. The van der Waals surface area contributed by atoms with Crippen molar-refractivity contribution in [2.75, 3.05) is 31.5 Å². The molecule has 3 amide bonds. The average molecular weight is 455 g/mol. The molecule has 170 valence electrons. The van der Waals surface area contributed by atoms with Gasteiger partial charge in [0, 0.05) is 49.5 Å². The highest BCUT2D eigenvalue weighted by Crippen LogP contribution is 2.20. The Morgan fingerprint density at radius 2 is 1.66 bits per heavy atom. The molecular formula is C25H31ClN4O2. The zero-order valence-corrected chi connectivity index (χ0v) is 19.1. The van der Waals surface area contributed by atoms with Gasteiger partial charge in [-0.2, -0.15) is 0 Å². The van der Waals surface area contributed by atoms with Crippen LogP contribution in [0.25, 0.3) is 0 Å². The molecule has 2 aliphatic rings. The molecule has 2 saturated heterocycles. The number of rotatable bonds is 5. The lowest BCUT2D eigenvalue weighted by Crippen LogP contribution is -2.50. The molecular weight excluding hydrogens is 424 g/mol. The summed E-state index contributed by atoms with van der Waals surface area (Å²) in [6.45, 7) is 3.99. The maximum atomic E-state index is 12.9. The van der Waals surface area contributed by atoms with Crippen LogP contribution in [0.3, 0.4) is 0 Å². The van der Waals surface area contributed by atoms with Gasteiger partial charge in [-0.15, -0.1) is 0 Å². The number of likely N-dealkylation sites (tertiary alicyclic amines) is 2. The Bertz CT molecular complexity index is 898. The minimum absolute atomic E-state index is 0.0818. The minimum Gasteiger partial charge on any atom is -0.353 e. The first-order valence-corrected chi connectivity index (χ1v) is 11.8. The van der Waals surface area contributed by atoms with E-state index >= 15 is 0 Å². The van der Waals surface area contributed by atoms with E-state index in [1.165, 1.54) is 5.56 Å². The minimum atomic E-state index is -0.141. The number of halogens is 1. The fourth-order valence-corrected chi connectivity index (χ4v) is 4.63. The first kappa shape index (κ1) is 22.6. The van der Waals surface area contributed by atoms with Gasteiger partial charge in [0.15, 0.2) is 0 Å². The molecule has 0 saturated carbocycles. The lowest BCUT2D eigenvalue weighted by molar-refractivity contribution is -0.127. The van der Waals surface area contributed by atoms with Crippen LogP contribution in [0.4, 0.5) is 10.5 Å². The van der Waals surface area contributed by atoms with Crippen molar-refractivity contribution in [2.24, 2.45) is 5.92 Å². The molecule has 32 heavy (non-hydrogen) atoms. The van der Waals surface area contributed by atoms with E-state index in [9.17, 15) is 9.59 Å². The number of amides is 3. The number of para-hydroxylation sites is 1. The second-order valence-corrected chi connectivity index (χ2v) is 9.20. The van der Waals surface area contributed by atoms with Gasteiger partial charge < -0.3 is 15.5 Å². The maximum absolute atomic E-state index is 12.9. The van der Waals surface area contributed by atoms with Gasteiger partial charge in [0.1, 0.15) is 0 Å². The van der Waals surface area contributed by atoms with Gasteiger partial charge in [-0.25, -0.2) is 4.79 Å². The molecule has 0 radical (unpaired) electrons. The number of hydrogen-bond donors (Lipinski definition) is 2. The lowest BCUT2D eigenvalue weighted by atomic mass is 9.96. The smallest absolute Gasteiger partial charge is 0.321 e. The molecule has 0 bridgehead atoms. The number of piperidine rings is 2. The summed E-state index contributed by atoms with van der Waals surface area (Å²) in [5, 5.41) is 6.93. The van der Waals surface area contributed by atoms with Gasteiger partial charge in [0.2, 0.25) is 5.91 Å². The second kappa shape index (κ2) is 10.8. The molecule has 2 aromatic carbocycles. The molecule has 0 spiro atoms. The van der Waals surface area contributed by atoms with Gasteiger partial charge in [-0.1, -0.05) is 41.9 Å². The van der Waals surface area contributed by atoms with E-state index in [1.54, 1.807) is 4.90 Å².